The Morgan fingerprint density at radius 2 is 1.92 bits per heavy atom. The predicted octanol–water partition coefficient (Wildman–Crippen LogP) is 2.81. The summed E-state index contributed by atoms with van der Waals surface area (Å²) in [5.41, 5.74) is 0.949. The van der Waals surface area contributed by atoms with Gasteiger partial charge in [-0.1, -0.05) is 13.8 Å². The standard InChI is InChI=1S/C8H10BrFN2/c1-4(2)7-6(10)5(3)8(9)12-11-7/h4H,1-3H3. The highest BCUT2D eigenvalue weighted by atomic mass is 79.9. The molecule has 12 heavy (non-hydrogen) atoms. The van der Waals surface area contributed by atoms with Gasteiger partial charge in [0.25, 0.3) is 0 Å². The summed E-state index contributed by atoms with van der Waals surface area (Å²) in [6.07, 6.45) is 0. The number of hydrogen-bond donors (Lipinski definition) is 0. The Labute approximate surface area is 79.3 Å². The molecule has 0 fully saturated rings. The van der Waals surface area contributed by atoms with Gasteiger partial charge >= 0.3 is 0 Å². The molecule has 0 aliphatic rings. The molecular weight excluding hydrogens is 223 g/mol. The summed E-state index contributed by atoms with van der Waals surface area (Å²) < 4.78 is 13.9. The van der Waals surface area contributed by atoms with E-state index in [1.54, 1.807) is 6.92 Å². The van der Waals surface area contributed by atoms with Crippen LogP contribution in [0.5, 0.6) is 0 Å². The van der Waals surface area contributed by atoms with Crippen molar-refractivity contribution in [1.29, 1.82) is 0 Å². The van der Waals surface area contributed by atoms with Crippen LogP contribution in [0.25, 0.3) is 0 Å². The highest BCUT2D eigenvalue weighted by molar-refractivity contribution is 9.10. The lowest BCUT2D eigenvalue weighted by atomic mass is 10.1. The molecule has 0 aromatic carbocycles. The number of rotatable bonds is 1. The van der Waals surface area contributed by atoms with Crippen molar-refractivity contribution in [3.63, 3.8) is 0 Å². The van der Waals surface area contributed by atoms with Crippen molar-refractivity contribution in [3.8, 4) is 0 Å². The smallest absolute Gasteiger partial charge is 0.152 e. The van der Waals surface area contributed by atoms with Gasteiger partial charge in [-0.3, -0.25) is 0 Å². The largest absolute Gasteiger partial charge is 0.205 e. The predicted molar refractivity (Wildman–Crippen MR) is 48.5 cm³/mol. The molecular formula is C8H10BrFN2. The Hall–Kier alpha value is -0.510. The van der Waals surface area contributed by atoms with E-state index in [4.69, 9.17) is 0 Å². The van der Waals surface area contributed by atoms with Crippen LogP contribution in [0, 0.1) is 12.7 Å². The van der Waals surface area contributed by atoms with Crippen molar-refractivity contribution in [2.75, 3.05) is 0 Å². The summed E-state index contributed by atoms with van der Waals surface area (Å²) in [6.45, 7) is 5.46. The van der Waals surface area contributed by atoms with E-state index in [1.165, 1.54) is 0 Å². The molecule has 1 aromatic heterocycles. The molecule has 0 N–H and O–H groups in total. The van der Waals surface area contributed by atoms with Gasteiger partial charge in [0.2, 0.25) is 0 Å². The lowest BCUT2D eigenvalue weighted by Gasteiger charge is -2.06. The van der Waals surface area contributed by atoms with Gasteiger partial charge in [0.15, 0.2) is 5.82 Å². The van der Waals surface area contributed by atoms with E-state index in [0.29, 0.717) is 15.9 Å². The maximum atomic E-state index is 13.4. The van der Waals surface area contributed by atoms with Gasteiger partial charge < -0.3 is 0 Å². The van der Waals surface area contributed by atoms with Crippen molar-refractivity contribution in [2.24, 2.45) is 0 Å². The van der Waals surface area contributed by atoms with E-state index < -0.39 is 0 Å². The van der Waals surface area contributed by atoms with Gasteiger partial charge in [-0.05, 0) is 22.9 Å². The fraction of sp³-hybridized carbons (Fsp3) is 0.500. The molecule has 1 heterocycles. The van der Waals surface area contributed by atoms with Crippen molar-refractivity contribution in [2.45, 2.75) is 26.7 Å². The molecule has 4 heteroatoms. The molecule has 1 aromatic rings. The molecule has 0 atom stereocenters. The minimum atomic E-state index is -0.258. The quantitative estimate of drug-likeness (QED) is 0.745. The van der Waals surface area contributed by atoms with Crippen molar-refractivity contribution >= 4 is 15.9 Å². The fourth-order valence-corrected chi connectivity index (χ4v) is 1.12. The summed E-state index contributed by atoms with van der Waals surface area (Å²) >= 11 is 3.12. The highest BCUT2D eigenvalue weighted by Gasteiger charge is 2.13. The fourth-order valence-electron chi connectivity index (χ4n) is 0.868. The second kappa shape index (κ2) is 3.47. The van der Waals surface area contributed by atoms with Crippen LogP contribution in [-0.2, 0) is 0 Å². The molecule has 0 saturated heterocycles. The van der Waals surface area contributed by atoms with E-state index >= 15 is 0 Å². The van der Waals surface area contributed by atoms with Crippen LogP contribution >= 0.6 is 15.9 Å². The van der Waals surface area contributed by atoms with Gasteiger partial charge in [-0.25, -0.2) is 4.39 Å². The van der Waals surface area contributed by atoms with Crippen molar-refractivity contribution < 1.29 is 4.39 Å². The van der Waals surface area contributed by atoms with E-state index in [9.17, 15) is 4.39 Å². The van der Waals surface area contributed by atoms with Gasteiger partial charge in [0.05, 0.1) is 0 Å². The molecule has 0 spiro atoms. The molecule has 66 valence electrons. The average Bonchev–Trinajstić information content (AvgIpc) is 2.00. The Balaban J connectivity index is 3.27. The first-order valence-corrected chi connectivity index (χ1v) is 4.51. The molecule has 0 amide bonds. The van der Waals surface area contributed by atoms with Gasteiger partial charge in [0.1, 0.15) is 10.3 Å². The van der Waals surface area contributed by atoms with Crippen molar-refractivity contribution in [1.82, 2.24) is 10.2 Å². The number of nitrogens with zero attached hydrogens (tertiary/aromatic N) is 2. The van der Waals surface area contributed by atoms with Crippen LogP contribution in [0.4, 0.5) is 4.39 Å². The second-order valence-corrected chi connectivity index (χ2v) is 3.72. The van der Waals surface area contributed by atoms with Crippen LogP contribution in [0.3, 0.4) is 0 Å². The highest BCUT2D eigenvalue weighted by Crippen LogP contribution is 2.21. The van der Waals surface area contributed by atoms with Gasteiger partial charge in [-0.2, -0.15) is 5.10 Å². The maximum absolute atomic E-state index is 13.4. The Bertz CT molecular complexity index is 299. The van der Waals surface area contributed by atoms with E-state index in [1.807, 2.05) is 13.8 Å². The van der Waals surface area contributed by atoms with Gasteiger partial charge in [0, 0.05) is 11.5 Å². The summed E-state index contributed by atoms with van der Waals surface area (Å²) in [5.74, 6) is -0.184. The monoisotopic (exact) mass is 232 g/mol. The first kappa shape index (κ1) is 9.58. The van der Waals surface area contributed by atoms with Crippen LogP contribution < -0.4 is 0 Å². The molecule has 0 aliphatic carbocycles. The van der Waals surface area contributed by atoms with E-state index in [0.717, 1.165) is 0 Å². The molecule has 0 radical (unpaired) electrons. The Kier molecular flexibility index (Phi) is 2.77. The molecule has 0 saturated carbocycles. The minimum absolute atomic E-state index is 0.0734. The summed E-state index contributed by atoms with van der Waals surface area (Å²) in [4.78, 5) is 0. The summed E-state index contributed by atoms with van der Waals surface area (Å²) in [6, 6.07) is 0. The zero-order valence-corrected chi connectivity index (χ0v) is 8.81. The lowest BCUT2D eigenvalue weighted by molar-refractivity contribution is 0.562. The SMILES string of the molecule is Cc1c(Br)nnc(C(C)C)c1F. The molecule has 1 rings (SSSR count). The van der Waals surface area contributed by atoms with Crippen LogP contribution in [0.15, 0.2) is 4.60 Å². The van der Waals surface area contributed by atoms with Crippen LogP contribution in [0.2, 0.25) is 0 Å². The average molecular weight is 233 g/mol. The third-order valence-corrected chi connectivity index (χ3v) is 2.41. The topological polar surface area (TPSA) is 25.8 Å². The molecule has 0 unspecified atom stereocenters. The first-order valence-electron chi connectivity index (χ1n) is 3.72. The molecule has 0 aliphatic heterocycles. The van der Waals surface area contributed by atoms with Crippen LogP contribution in [0.1, 0.15) is 31.0 Å². The second-order valence-electron chi connectivity index (χ2n) is 2.97. The zero-order valence-electron chi connectivity index (χ0n) is 7.23. The third-order valence-electron chi connectivity index (χ3n) is 1.66. The lowest BCUT2D eigenvalue weighted by Crippen LogP contribution is -2.03. The minimum Gasteiger partial charge on any atom is -0.205 e. The summed E-state index contributed by atoms with van der Waals surface area (Å²) in [7, 11) is 0. The number of halogens is 2. The maximum Gasteiger partial charge on any atom is 0.152 e. The zero-order chi connectivity index (χ0) is 9.30. The van der Waals surface area contributed by atoms with Crippen molar-refractivity contribution in [3.05, 3.63) is 21.7 Å². The molecule has 0 bridgehead atoms. The third kappa shape index (κ3) is 1.63. The Morgan fingerprint density at radius 3 is 2.42 bits per heavy atom. The summed E-state index contributed by atoms with van der Waals surface area (Å²) in [5, 5.41) is 7.55. The normalized spacial score (nSPS) is 10.8. The van der Waals surface area contributed by atoms with Crippen LogP contribution in [-0.4, -0.2) is 10.2 Å². The number of aromatic nitrogens is 2. The number of hydrogen-bond acceptors (Lipinski definition) is 2. The van der Waals surface area contributed by atoms with E-state index in [-0.39, 0.29) is 11.7 Å². The van der Waals surface area contributed by atoms with E-state index in [2.05, 4.69) is 26.1 Å². The van der Waals surface area contributed by atoms with Gasteiger partial charge in [-0.15, -0.1) is 5.10 Å². The Morgan fingerprint density at radius 1 is 1.33 bits per heavy atom. The molecule has 2 nitrogen and oxygen atoms in total. The first-order chi connectivity index (χ1) is 5.54.